The highest BCUT2D eigenvalue weighted by molar-refractivity contribution is 5.94. The molecule has 3 rings (SSSR count). The van der Waals surface area contributed by atoms with E-state index in [9.17, 15) is 9.59 Å². The predicted molar refractivity (Wildman–Crippen MR) is 105 cm³/mol. The average Bonchev–Trinajstić information content (AvgIpc) is 2.91. The van der Waals surface area contributed by atoms with Gasteiger partial charge in [-0.15, -0.1) is 0 Å². The summed E-state index contributed by atoms with van der Waals surface area (Å²) in [5, 5.41) is 3.00. The zero-order valence-corrected chi connectivity index (χ0v) is 16.7. The van der Waals surface area contributed by atoms with Gasteiger partial charge in [0.25, 0.3) is 5.91 Å². The molecule has 1 fully saturated rings. The SMILES string of the molecule is CC(C)(C)CNC(=O)N1CCCN(C(=O)c2ccc3c(c2)CCCO3)CC1. The van der Waals surface area contributed by atoms with Crippen molar-refractivity contribution >= 4 is 11.9 Å². The molecule has 1 N–H and O–H groups in total. The van der Waals surface area contributed by atoms with Gasteiger partial charge in [0, 0.05) is 38.3 Å². The van der Waals surface area contributed by atoms with Crippen LogP contribution in [0.25, 0.3) is 0 Å². The topological polar surface area (TPSA) is 61.9 Å². The second-order valence-corrected chi connectivity index (χ2v) is 8.63. The van der Waals surface area contributed by atoms with Crippen molar-refractivity contribution < 1.29 is 14.3 Å². The van der Waals surface area contributed by atoms with Gasteiger partial charge in [0.15, 0.2) is 0 Å². The molecular formula is C21H31N3O3. The Hall–Kier alpha value is -2.24. The Balaban J connectivity index is 1.59. The Morgan fingerprint density at radius 2 is 1.81 bits per heavy atom. The standard InChI is InChI=1S/C21H31N3O3/c1-21(2,3)15-22-20(26)24-10-5-9-23(11-12-24)19(25)17-7-8-18-16(14-17)6-4-13-27-18/h7-8,14H,4-6,9-13,15H2,1-3H3,(H,22,26). The fraction of sp³-hybridized carbons (Fsp3) is 0.619. The third kappa shape index (κ3) is 5.15. The van der Waals surface area contributed by atoms with Gasteiger partial charge in [-0.25, -0.2) is 4.79 Å². The normalized spacial score (nSPS) is 17.6. The summed E-state index contributed by atoms with van der Waals surface area (Å²) in [6.45, 7) is 10.2. The van der Waals surface area contributed by atoms with Gasteiger partial charge in [0.05, 0.1) is 6.61 Å². The van der Waals surface area contributed by atoms with E-state index in [4.69, 9.17) is 4.74 Å². The lowest BCUT2D eigenvalue weighted by molar-refractivity contribution is 0.0762. The van der Waals surface area contributed by atoms with Crippen molar-refractivity contribution in [3.63, 3.8) is 0 Å². The number of hydrogen-bond acceptors (Lipinski definition) is 3. The molecule has 0 aliphatic carbocycles. The molecular weight excluding hydrogens is 342 g/mol. The number of nitrogens with zero attached hydrogens (tertiary/aromatic N) is 2. The van der Waals surface area contributed by atoms with Crippen LogP contribution in [0.3, 0.4) is 0 Å². The molecule has 0 atom stereocenters. The van der Waals surface area contributed by atoms with Gasteiger partial charge in [-0.05, 0) is 48.4 Å². The quantitative estimate of drug-likeness (QED) is 0.867. The van der Waals surface area contributed by atoms with Crippen LogP contribution in [0.15, 0.2) is 18.2 Å². The number of rotatable bonds is 2. The Labute approximate surface area is 161 Å². The van der Waals surface area contributed by atoms with Crippen LogP contribution in [0.1, 0.15) is 49.5 Å². The van der Waals surface area contributed by atoms with Crippen molar-refractivity contribution in [2.45, 2.75) is 40.0 Å². The summed E-state index contributed by atoms with van der Waals surface area (Å²) in [4.78, 5) is 29.0. The Bertz CT molecular complexity index is 696. The molecule has 6 heteroatoms. The number of amides is 3. The number of urea groups is 1. The summed E-state index contributed by atoms with van der Waals surface area (Å²) < 4.78 is 5.63. The highest BCUT2D eigenvalue weighted by Crippen LogP contribution is 2.26. The Morgan fingerprint density at radius 1 is 1.07 bits per heavy atom. The third-order valence-electron chi connectivity index (χ3n) is 5.00. The van der Waals surface area contributed by atoms with E-state index in [0.717, 1.165) is 37.2 Å². The van der Waals surface area contributed by atoms with Gasteiger partial charge in [-0.2, -0.15) is 0 Å². The summed E-state index contributed by atoms with van der Waals surface area (Å²) in [6, 6.07) is 5.69. The molecule has 0 spiro atoms. The number of carbonyl (C=O) groups excluding carboxylic acids is 2. The lowest BCUT2D eigenvalue weighted by Gasteiger charge is -2.25. The van der Waals surface area contributed by atoms with Gasteiger partial charge < -0.3 is 19.9 Å². The van der Waals surface area contributed by atoms with Crippen LogP contribution in [-0.2, 0) is 6.42 Å². The van der Waals surface area contributed by atoms with E-state index >= 15 is 0 Å². The fourth-order valence-electron chi connectivity index (χ4n) is 3.45. The van der Waals surface area contributed by atoms with Gasteiger partial charge in [-0.3, -0.25) is 4.79 Å². The predicted octanol–water partition coefficient (Wildman–Crippen LogP) is 2.92. The largest absolute Gasteiger partial charge is 0.493 e. The van der Waals surface area contributed by atoms with E-state index in [0.29, 0.717) is 38.3 Å². The number of nitrogens with one attached hydrogen (secondary N) is 1. The zero-order chi connectivity index (χ0) is 19.4. The first kappa shape index (κ1) is 19.5. The fourth-order valence-corrected chi connectivity index (χ4v) is 3.45. The summed E-state index contributed by atoms with van der Waals surface area (Å²) in [5.41, 5.74) is 1.88. The maximum absolute atomic E-state index is 12.9. The minimum atomic E-state index is -0.0369. The van der Waals surface area contributed by atoms with Crippen LogP contribution in [-0.4, -0.2) is 61.1 Å². The molecule has 2 aliphatic rings. The lowest BCUT2D eigenvalue weighted by atomic mass is 9.97. The second-order valence-electron chi connectivity index (χ2n) is 8.63. The van der Waals surface area contributed by atoms with Crippen molar-refractivity contribution in [1.29, 1.82) is 0 Å². The van der Waals surface area contributed by atoms with Crippen molar-refractivity contribution in [2.24, 2.45) is 5.41 Å². The van der Waals surface area contributed by atoms with E-state index in [1.807, 2.05) is 28.0 Å². The van der Waals surface area contributed by atoms with Crippen molar-refractivity contribution in [1.82, 2.24) is 15.1 Å². The minimum absolute atomic E-state index is 0.0369. The monoisotopic (exact) mass is 373 g/mol. The van der Waals surface area contributed by atoms with Gasteiger partial charge in [0.2, 0.25) is 0 Å². The number of hydrogen-bond donors (Lipinski definition) is 1. The Kier molecular flexibility index (Phi) is 5.92. The van der Waals surface area contributed by atoms with Crippen molar-refractivity contribution in [2.75, 3.05) is 39.3 Å². The second kappa shape index (κ2) is 8.19. The first-order valence-corrected chi connectivity index (χ1v) is 9.91. The number of fused-ring (bicyclic) bond motifs is 1. The molecule has 2 heterocycles. The van der Waals surface area contributed by atoms with Crippen molar-refractivity contribution in [3.05, 3.63) is 29.3 Å². The highest BCUT2D eigenvalue weighted by Gasteiger charge is 2.24. The van der Waals surface area contributed by atoms with E-state index in [1.165, 1.54) is 0 Å². The first-order chi connectivity index (χ1) is 12.8. The van der Waals surface area contributed by atoms with Crippen LogP contribution in [0, 0.1) is 5.41 Å². The summed E-state index contributed by atoms with van der Waals surface area (Å²) in [7, 11) is 0. The van der Waals surface area contributed by atoms with Gasteiger partial charge in [-0.1, -0.05) is 20.8 Å². The van der Waals surface area contributed by atoms with E-state index < -0.39 is 0 Å². The van der Waals surface area contributed by atoms with Crippen LogP contribution in [0.4, 0.5) is 4.79 Å². The maximum atomic E-state index is 12.9. The molecule has 0 aromatic heterocycles. The molecule has 2 aliphatic heterocycles. The maximum Gasteiger partial charge on any atom is 0.317 e. The number of aryl methyl sites for hydroxylation is 1. The minimum Gasteiger partial charge on any atom is -0.493 e. The van der Waals surface area contributed by atoms with E-state index in [2.05, 4.69) is 26.1 Å². The number of carbonyl (C=O) groups is 2. The summed E-state index contributed by atoms with van der Waals surface area (Å²) in [6.07, 6.45) is 2.74. The first-order valence-electron chi connectivity index (χ1n) is 9.91. The van der Waals surface area contributed by atoms with Crippen LogP contribution in [0.5, 0.6) is 5.75 Å². The molecule has 0 bridgehead atoms. The van der Waals surface area contributed by atoms with E-state index in [1.54, 1.807) is 0 Å². The molecule has 1 aromatic rings. The molecule has 148 valence electrons. The molecule has 6 nitrogen and oxygen atoms in total. The molecule has 27 heavy (non-hydrogen) atoms. The molecule has 0 radical (unpaired) electrons. The van der Waals surface area contributed by atoms with Crippen LogP contribution < -0.4 is 10.1 Å². The zero-order valence-electron chi connectivity index (χ0n) is 16.7. The molecule has 0 unspecified atom stereocenters. The Morgan fingerprint density at radius 3 is 2.59 bits per heavy atom. The summed E-state index contributed by atoms with van der Waals surface area (Å²) >= 11 is 0. The van der Waals surface area contributed by atoms with Gasteiger partial charge in [0.1, 0.15) is 5.75 Å². The number of ether oxygens (including phenoxy) is 1. The van der Waals surface area contributed by atoms with Crippen LogP contribution >= 0.6 is 0 Å². The average molecular weight is 373 g/mol. The summed E-state index contributed by atoms with van der Waals surface area (Å²) in [5.74, 6) is 0.940. The highest BCUT2D eigenvalue weighted by atomic mass is 16.5. The van der Waals surface area contributed by atoms with Gasteiger partial charge >= 0.3 is 6.03 Å². The number of benzene rings is 1. The molecule has 1 saturated heterocycles. The molecule has 3 amide bonds. The van der Waals surface area contributed by atoms with Crippen molar-refractivity contribution in [3.8, 4) is 5.75 Å². The lowest BCUT2D eigenvalue weighted by Crippen LogP contribution is -2.44. The molecule has 1 aromatic carbocycles. The third-order valence-corrected chi connectivity index (χ3v) is 5.00. The van der Waals surface area contributed by atoms with Crippen LogP contribution in [0.2, 0.25) is 0 Å². The van der Waals surface area contributed by atoms with E-state index in [-0.39, 0.29) is 17.4 Å². The smallest absolute Gasteiger partial charge is 0.317 e. The molecule has 0 saturated carbocycles.